The second kappa shape index (κ2) is 8.20. The lowest BCUT2D eigenvalue weighted by atomic mass is 10.2. The minimum Gasteiger partial charge on any atom is -0.360 e. The zero-order valence-electron chi connectivity index (χ0n) is 14.2. The van der Waals surface area contributed by atoms with E-state index in [0.29, 0.717) is 22.3 Å². The SMILES string of the molecule is Cc1c(Cl)cccc1Nc1ncnc(NCc2ccc(Cl)cc2)c1[N+](=O)[O-]. The molecule has 0 aliphatic heterocycles. The number of hydrogen-bond donors (Lipinski definition) is 2. The number of halogens is 2. The van der Waals surface area contributed by atoms with Crippen LogP contribution < -0.4 is 10.6 Å². The largest absolute Gasteiger partial charge is 0.360 e. The topological polar surface area (TPSA) is 93.0 Å². The Morgan fingerprint density at radius 3 is 2.48 bits per heavy atom. The maximum Gasteiger partial charge on any atom is 0.353 e. The fraction of sp³-hybridized carbons (Fsp3) is 0.111. The normalized spacial score (nSPS) is 10.5. The van der Waals surface area contributed by atoms with Crippen LogP contribution in [-0.2, 0) is 6.54 Å². The lowest BCUT2D eigenvalue weighted by molar-refractivity contribution is -0.383. The molecule has 0 bridgehead atoms. The summed E-state index contributed by atoms with van der Waals surface area (Å²) in [5.41, 5.74) is 2.06. The van der Waals surface area contributed by atoms with E-state index in [2.05, 4.69) is 20.6 Å². The van der Waals surface area contributed by atoms with Crippen LogP contribution >= 0.6 is 23.2 Å². The summed E-state index contributed by atoms with van der Waals surface area (Å²) < 4.78 is 0. The van der Waals surface area contributed by atoms with Gasteiger partial charge in [-0.2, -0.15) is 0 Å². The van der Waals surface area contributed by atoms with Crippen LogP contribution in [0.4, 0.5) is 23.0 Å². The molecule has 2 aromatic carbocycles. The molecule has 1 aromatic heterocycles. The average Bonchev–Trinajstić information content (AvgIpc) is 2.65. The maximum absolute atomic E-state index is 11.6. The molecular weight excluding hydrogens is 389 g/mol. The molecule has 0 radical (unpaired) electrons. The van der Waals surface area contributed by atoms with Crippen molar-refractivity contribution in [2.45, 2.75) is 13.5 Å². The summed E-state index contributed by atoms with van der Waals surface area (Å²) in [6.07, 6.45) is 1.26. The van der Waals surface area contributed by atoms with Crippen LogP contribution in [0.15, 0.2) is 48.8 Å². The van der Waals surface area contributed by atoms with Gasteiger partial charge in [0, 0.05) is 22.3 Å². The lowest BCUT2D eigenvalue weighted by Crippen LogP contribution is -2.08. The van der Waals surface area contributed by atoms with E-state index in [1.807, 2.05) is 19.1 Å². The number of aromatic nitrogens is 2. The lowest BCUT2D eigenvalue weighted by Gasteiger charge is -2.12. The maximum atomic E-state index is 11.6. The third-order valence-corrected chi connectivity index (χ3v) is 4.56. The van der Waals surface area contributed by atoms with Crippen molar-refractivity contribution in [2.75, 3.05) is 10.6 Å². The van der Waals surface area contributed by atoms with Crippen LogP contribution in [0.5, 0.6) is 0 Å². The Morgan fingerprint density at radius 1 is 1.07 bits per heavy atom. The Bertz CT molecular complexity index is 980. The molecule has 3 aromatic rings. The first-order chi connectivity index (χ1) is 13.0. The van der Waals surface area contributed by atoms with Gasteiger partial charge in [0.25, 0.3) is 0 Å². The third kappa shape index (κ3) is 4.45. The van der Waals surface area contributed by atoms with Crippen molar-refractivity contribution >= 4 is 46.2 Å². The van der Waals surface area contributed by atoms with Gasteiger partial charge in [-0.1, -0.05) is 41.4 Å². The summed E-state index contributed by atoms with van der Waals surface area (Å²) in [5, 5.41) is 18.8. The van der Waals surface area contributed by atoms with Gasteiger partial charge < -0.3 is 10.6 Å². The fourth-order valence-corrected chi connectivity index (χ4v) is 2.73. The Morgan fingerprint density at radius 2 is 1.78 bits per heavy atom. The molecule has 3 rings (SSSR count). The molecule has 0 fully saturated rings. The van der Waals surface area contributed by atoms with E-state index in [4.69, 9.17) is 23.2 Å². The van der Waals surface area contributed by atoms with Gasteiger partial charge in [-0.3, -0.25) is 10.1 Å². The molecule has 9 heteroatoms. The predicted molar refractivity (Wildman–Crippen MR) is 107 cm³/mol. The first-order valence-corrected chi connectivity index (χ1v) is 8.71. The number of benzene rings is 2. The second-order valence-corrected chi connectivity index (χ2v) is 6.54. The molecule has 7 nitrogen and oxygen atoms in total. The van der Waals surface area contributed by atoms with Gasteiger partial charge in [0.05, 0.1) is 4.92 Å². The number of rotatable bonds is 6. The monoisotopic (exact) mass is 403 g/mol. The van der Waals surface area contributed by atoms with Crippen LogP contribution in [0, 0.1) is 17.0 Å². The van der Waals surface area contributed by atoms with Crippen molar-refractivity contribution < 1.29 is 4.92 Å². The predicted octanol–water partition coefficient (Wildman–Crippen LogP) is 5.36. The highest BCUT2D eigenvalue weighted by Gasteiger charge is 2.23. The van der Waals surface area contributed by atoms with Crippen molar-refractivity contribution in [3.63, 3.8) is 0 Å². The van der Waals surface area contributed by atoms with Gasteiger partial charge in [0.2, 0.25) is 11.6 Å². The van der Waals surface area contributed by atoms with E-state index in [-0.39, 0.29) is 17.3 Å². The molecule has 0 saturated heterocycles. The second-order valence-electron chi connectivity index (χ2n) is 5.69. The number of anilines is 3. The highest BCUT2D eigenvalue weighted by atomic mass is 35.5. The molecule has 0 saturated carbocycles. The molecule has 27 heavy (non-hydrogen) atoms. The molecule has 1 heterocycles. The molecular formula is C18H15Cl2N5O2. The molecule has 0 aliphatic carbocycles. The molecule has 0 atom stereocenters. The average molecular weight is 404 g/mol. The summed E-state index contributed by atoms with van der Waals surface area (Å²) in [7, 11) is 0. The van der Waals surface area contributed by atoms with Crippen LogP contribution in [0.1, 0.15) is 11.1 Å². The van der Waals surface area contributed by atoms with Crippen molar-refractivity contribution in [3.05, 3.63) is 80.1 Å². The minimum absolute atomic E-state index is 0.0824. The Hall–Kier alpha value is -2.90. The van der Waals surface area contributed by atoms with Crippen molar-refractivity contribution in [2.24, 2.45) is 0 Å². The minimum atomic E-state index is -0.521. The zero-order chi connectivity index (χ0) is 19.4. The first-order valence-electron chi connectivity index (χ1n) is 7.95. The van der Waals surface area contributed by atoms with Gasteiger partial charge in [-0.05, 0) is 42.3 Å². The van der Waals surface area contributed by atoms with Gasteiger partial charge in [-0.25, -0.2) is 9.97 Å². The zero-order valence-corrected chi connectivity index (χ0v) is 15.8. The molecule has 138 valence electrons. The number of hydrogen-bond acceptors (Lipinski definition) is 6. The summed E-state index contributed by atoms with van der Waals surface area (Å²) in [4.78, 5) is 19.2. The van der Waals surface area contributed by atoms with Crippen LogP contribution in [0.3, 0.4) is 0 Å². The van der Waals surface area contributed by atoms with E-state index < -0.39 is 4.92 Å². The quantitative estimate of drug-likeness (QED) is 0.425. The van der Waals surface area contributed by atoms with Gasteiger partial charge in [0.15, 0.2) is 0 Å². The first kappa shape index (κ1) is 18.9. The summed E-state index contributed by atoms with van der Waals surface area (Å²) in [5.74, 6) is 0.200. The standard InChI is InChI=1S/C18H15Cl2N5O2/c1-11-14(20)3-2-4-15(11)24-18-16(25(26)27)17(22-10-23-18)21-9-12-5-7-13(19)8-6-12/h2-8,10H,9H2,1H3,(H2,21,22,23,24). The smallest absolute Gasteiger partial charge is 0.353 e. The summed E-state index contributed by atoms with van der Waals surface area (Å²) in [6.45, 7) is 2.17. The third-order valence-electron chi connectivity index (χ3n) is 3.90. The van der Waals surface area contributed by atoms with Crippen LogP contribution in [0.2, 0.25) is 10.0 Å². The van der Waals surface area contributed by atoms with E-state index in [0.717, 1.165) is 11.1 Å². The van der Waals surface area contributed by atoms with Gasteiger partial charge in [-0.15, -0.1) is 0 Å². The Kier molecular flexibility index (Phi) is 5.73. The highest BCUT2D eigenvalue weighted by Crippen LogP contribution is 2.33. The van der Waals surface area contributed by atoms with E-state index in [9.17, 15) is 10.1 Å². The highest BCUT2D eigenvalue weighted by molar-refractivity contribution is 6.31. The van der Waals surface area contributed by atoms with Gasteiger partial charge in [0.1, 0.15) is 6.33 Å². The molecule has 0 aliphatic rings. The van der Waals surface area contributed by atoms with Crippen LogP contribution in [0.25, 0.3) is 0 Å². The van der Waals surface area contributed by atoms with Crippen molar-refractivity contribution in [1.29, 1.82) is 0 Å². The molecule has 0 amide bonds. The van der Waals surface area contributed by atoms with Crippen molar-refractivity contribution in [1.82, 2.24) is 9.97 Å². The Balaban J connectivity index is 1.89. The fourth-order valence-electron chi connectivity index (χ4n) is 2.43. The molecule has 0 unspecified atom stereocenters. The summed E-state index contributed by atoms with van der Waals surface area (Å²) in [6, 6.07) is 12.4. The number of nitrogens with one attached hydrogen (secondary N) is 2. The van der Waals surface area contributed by atoms with E-state index >= 15 is 0 Å². The summed E-state index contributed by atoms with van der Waals surface area (Å²) >= 11 is 12.0. The van der Waals surface area contributed by atoms with E-state index in [1.54, 1.807) is 30.3 Å². The van der Waals surface area contributed by atoms with Crippen LogP contribution in [-0.4, -0.2) is 14.9 Å². The molecule has 0 spiro atoms. The Labute approximate surface area is 165 Å². The molecule has 2 N–H and O–H groups in total. The van der Waals surface area contributed by atoms with Crippen molar-refractivity contribution in [3.8, 4) is 0 Å². The van der Waals surface area contributed by atoms with Gasteiger partial charge >= 0.3 is 5.69 Å². The van der Waals surface area contributed by atoms with E-state index in [1.165, 1.54) is 6.33 Å². The number of nitro groups is 1. The number of nitrogens with zero attached hydrogens (tertiary/aromatic N) is 3.